The number of rotatable bonds is 4. The third kappa shape index (κ3) is 4.55. The number of quaternary nitrogens is 1. The fraction of sp³-hybridized carbons (Fsp3) is 0.667. The van der Waals surface area contributed by atoms with Crippen LogP contribution in [0.2, 0.25) is 0 Å². The van der Waals surface area contributed by atoms with E-state index in [0.29, 0.717) is 13.1 Å². The molecule has 2 aliphatic rings. The van der Waals surface area contributed by atoms with Crippen molar-refractivity contribution in [3.05, 3.63) is 35.9 Å². The standard InChI is InChI=1S/C18H28N2O2S/c21-23(22,16-17-8-4-3-5-9-17)20-14-12-19(13-15-20)18-10-6-1-2-7-11-18/h3-5,8-9,18H,1-2,6-7,10-16H2/p+1. The number of nitrogens with zero attached hydrogens (tertiary/aromatic N) is 1. The number of sulfonamides is 1. The Labute approximate surface area is 140 Å². The molecule has 4 nitrogen and oxygen atoms in total. The molecule has 1 N–H and O–H groups in total. The Morgan fingerprint density at radius 1 is 0.957 bits per heavy atom. The predicted octanol–water partition coefficient (Wildman–Crippen LogP) is 1.44. The summed E-state index contributed by atoms with van der Waals surface area (Å²) in [5.41, 5.74) is 0.881. The van der Waals surface area contributed by atoms with Gasteiger partial charge in [-0.1, -0.05) is 43.2 Å². The van der Waals surface area contributed by atoms with Crippen LogP contribution in [-0.4, -0.2) is 44.9 Å². The van der Waals surface area contributed by atoms with E-state index in [4.69, 9.17) is 0 Å². The lowest BCUT2D eigenvalue weighted by Crippen LogP contribution is -3.18. The Kier molecular flexibility index (Phi) is 5.72. The largest absolute Gasteiger partial charge is 0.330 e. The second kappa shape index (κ2) is 7.77. The molecule has 0 radical (unpaired) electrons. The van der Waals surface area contributed by atoms with Crippen molar-refractivity contribution >= 4 is 10.0 Å². The molecule has 0 aromatic heterocycles. The average molecular weight is 338 g/mol. The fourth-order valence-electron chi connectivity index (χ4n) is 4.02. The molecule has 5 heteroatoms. The highest BCUT2D eigenvalue weighted by atomic mass is 32.2. The van der Waals surface area contributed by atoms with E-state index >= 15 is 0 Å². The SMILES string of the molecule is O=S(=O)(Cc1ccccc1)N1CC[NH+](C2CCCCCC2)CC1. The maximum atomic E-state index is 12.6. The molecule has 128 valence electrons. The summed E-state index contributed by atoms with van der Waals surface area (Å²) in [5.74, 6) is 0.132. The molecule has 1 aliphatic heterocycles. The lowest BCUT2D eigenvalue weighted by atomic mass is 10.1. The van der Waals surface area contributed by atoms with E-state index in [9.17, 15) is 8.42 Å². The summed E-state index contributed by atoms with van der Waals surface area (Å²) < 4.78 is 26.9. The maximum absolute atomic E-state index is 12.6. The van der Waals surface area contributed by atoms with Crippen molar-refractivity contribution in [2.75, 3.05) is 26.2 Å². The highest BCUT2D eigenvalue weighted by molar-refractivity contribution is 7.88. The van der Waals surface area contributed by atoms with Gasteiger partial charge >= 0.3 is 0 Å². The molecule has 1 aliphatic carbocycles. The third-order valence-corrected chi connectivity index (χ3v) is 7.23. The van der Waals surface area contributed by atoms with E-state index in [1.165, 1.54) is 38.5 Å². The van der Waals surface area contributed by atoms with Crippen LogP contribution in [0.5, 0.6) is 0 Å². The first-order valence-corrected chi connectivity index (χ1v) is 10.6. The first-order valence-electron chi connectivity index (χ1n) is 9.01. The number of piperazine rings is 1. The van der Waals surface area contributed by atoms with Crippen molar-refractivity contribution < 1.29 is 13.3 Å². The molecule has 1 aromatic carbocycles. The molecule has 0 spiro atoms. The van der Waals surface area contributed by atoms with Gasteiger partial charge in [0.05, 0.1) is 38.0 Å². The summed E-state index contributed by atoms with van der Waals surface area (Å²) in [6, 6.07) is 10.3. The third-order valence-electron chi connectivity index (χ3n) is 5.38. The molecule has 0 bridgehead atoms. The van der Waals surface area contributed by atoms with Crippen molar-refractivity contribution in [3.63, 3.8) is 0 Å². The summed E-state index contributed by atoms with van der Waals surface area (Å²) in [6.45, 7) is 3.30. The maximum Gasteiger partial charge on any atom is 0.218 e. The van der Waals surface area contributed by atoms with Gasteiger partial charge in [-0.3, -0.25) is 0 Å². The lowest BCUT2D eigenvalue weighted by molar-refractivity contribution is -0.929. The molecule has 1 saturated carbocycles. The van der Waals surface area contributed by atoms with E-state index in [0.717, 1.165) is 24.7 Å². The van der Waals surface area contributed by atoms with Crippen LogP contribution in [0, 0.1) is 0 Å². The van der Waals surface area contributed by atoms with Crippen LogP contribution in [0.15, 0.2) is 30.3 Å². The first-order chi connectivity index (χ1) is 11.1. The number of benzene rings is 1. The van der Waals surface area contributed by atoms with Gasteiger partial charge in [0.25, 0.3) is 0 Å². The molecule has 1 aromatic rings. The van der Waals surface area contributed by atoms with Crippen LogP contribution in [0.1, 0.15) is 44.1 Å². The molecule has 0 unspecified atom stereocenters. The van der Waals surface area contributed by atoms with Gasteiger partial charge in [0.1, 0.15) is 0 Å². The monoisotopic (exact) mass is 337 g/mol. The summed E-state index contributed by atoms with van der Waals surface area (Å²) in [4.78, 5) is 1.64. The van der Waals surface area contributed by atoms with Crippen molar-refractivity contribution in [1.82, 2.24) is 4.31 Å². The topological polar surface area (TPSA) is 41.8 Å². The number of hydrogen-bond donors (Lipinski definition) is 1. The minimum absolute atomic E-state index is 0.132. The first kappa shape index (κ1) is 16.9. The Hall–Kier alpha value is -0.910. The number of hydrogen-bond acceptors (Lipinski definition) is 2. The predicted molar refractivity (Wildman–Crippen MR) is 92.8 cm³/mol. The van der Waals surface area contributed by atoms with Gasteiger partial charge in [0.2, 0.25) is 10.0 Å². The van der Waals surface area contributed by atoms with E-state index < -0.39 is 10.0 Å². The van der Waals surface area contributed by atoms with E-state index in [1.54, 1.807) is 9.21 Å². The molecule has 3 rings (SSSR count). The van der Waals surface area contributed by atoms with Gasteiger partial charge in [0, 0.05) is 0 Å². The Bertz CT molecular complexity index is 572. The molecule has 23 heavy (non-hydrogen) atoms. The fourth-order valence-corrected chi connectivity index (χ4v) is 5.56. The summed E-state index contributed by atoms with van der Waals surface area (Å²) in [7, 11) is -3.18. The number of nitrogens with one attached hydrogen (secondary N) is 1. The molecule has 1 heterocycles. The smallest absolute Gasteiger partial charge is 0.218 e. The van der Waals surface area contributed by atoms with Gasteiger partial charge in [-0.15, -0.1) is 0 Å². The van der Waals surface area contributed by atoms with Gasteiger partial charge < -0.3 is 4.90 Å². The Morgan fingerprint density at radius 3 is 2.17 bits per heavy atom. The molecule has 2 fully saturated rings. The van der Waals surface area contributed by atoms with Crippen molar-refractivity contribution in [2.24, 2.45) is 0 Å². The van der Waals surface area contributed by atoms with Gasteiger partial charge in [0.15, 0.2) is 0 Å². The normalized spacial score (nSPS) is 22.8. The highest BCUT2D eigenvalue weighted by Crippen LogP contribution is 2.16. The second-order valence-corrected chi connectivity index (χ2v) is 8.96. The van der Waals surface area contributed by atoms with Crippen LogP contribution < -0.4 is 4.90 Å². The molecular weight excluding hydrogens is 308 g/mol. The average Bonchev–Trinajstić information content (AvgIpc) is 2.85. The molecule has 0 atom stereocenters. The summed E-state index contributed by atoms with van der Waals surface area (Å²) in [6.07, 6.45) is 8.11. The zero-order chi connectivity index (χ0) is 16.1. The second-order valence-electron chi connectivity index (χ2n) is 6.99. The molecule has 1 saturated heterocycles. The van der Waals surface area contributed by atoms with Gasteiger partial charge in [-0.2, -0.15) is 4.31 Å². The van der Waals surface area contributed by atoms with Crippen LogP contribution >= 0.6 is 0 Å². The Morgan fingerprint density at radius 2 is 1.57 bits per heavy atom. The van der Waals surface area contributed by atoms with Crippen molar-refractivity contribution in [3.8, 4) is 0 Å². The quantitative estimate of drug-likeness (QED) is 0.845. The van der Waals surface area contributed by atoms with Crippen LogP contribution in [0.3, 0.4) is 0 Å². The van der Waals surface area contributed by atoms with Crippen LogP contribution in [0.4, 0.5) is 0 Å². The zero-order valence-electron chi connectivity index (χ0n) is 13.9. The zero-order valence-corrected chi connectivity index (χ0v) is 14.7. The van der Waals surface area contributed by atoms with Gasteiger partial charge in [-0.25, -0.2) is 8.42 Å². The lowest BCUT2D eigenvalue weighted by Gasteiger charge is -2.35. The van der Waals surface area contributed by atoms with Crippen LogP contribution in [-0.2, 0) is 15.8 Å². The van der Waals surface area contributed by atoms with E-state index in [2.05, 4.69) is 0 Å². The van der Waals surface area contributed by atoms with Crippen molar-refractivity contribution in [2.45, 2.75) is 50.3 Å². The molecule has 0 amide bonds. The minimum Gasteiger partial charge on any atom is -0.330 e. The Balaban J connectivity index is 1.55. The van der Waals surface area contributed by atoms with Crippen LogP contribution in [0.25, 0.3) is 0 Å². The van der Waals surface area contributed by atoms with E-state index in [1.807, 2.05) is 30.3 Å². The van der Waals surface area contributed by atoms with Gasteiger partial charge in [-0.05, 0) is 31.2 Å². The van der Waals surface area contributed by atoms with E-state index in [-0.39, 0.29) is 5.75 Å². The summed E-state index contributed by atoms with van der Waals surface area (Å²) in [5, 5.41) is 0. The van der Waals surface area contributed by atoms with Crippen molar-refractivity contribution in [1.29, 1.82) is 0 Å². The highest BCUT2D eigenvalue weighted by Gasteiger charge is 2.32. The minimum atomic E-state index is -3.18. The molecular formula is C18H29N2O2S+. The summed E-state index contributed by atoms with van der Waals surface area (Å²) >= 11 is 0.